The number of thiocarbonyl (C=S) groups is 1. The van der Waals surface area contributed by atoms with Gasteiger partial charge < -0.3 is 10.2 Å². The topological polar surface area (TPSA) is 15.3 Å². The molecule has 1 rings (SSSR count). The van der Waals surface area contributed by atoms with Crippen LogP contribution in [0.1, 0.15) is 58.8 Å². The lowest BCUT2D eigenvalue weighted by Gasteiger charge is -2.30. The second-order valence-electron chi connectivity index (χ2n) is 4.72. The second kappa shape index (κ2) is 7.88. The van der Waals surface area contributed by atoms with Gasteiger partial charge in [0.25, 0.3) is 0 Å². The summed E-state index contributed by atoms with van der Waals surface area (Å²) in [7, 11) is 0. The normalized spacial score (nSPS) is 17.1. The maximum absolute atomic E-state index is 5.48. The molecule has 1 saturated carbocycles. The summed E-state index contributed by atoms with van der Waals surface area (Å²) >= 11 is 5.48. The Morgan fingerprint density at radius 3 is 2.50 bits per heavy atom. The van der Waals surface area contributed by atoms with E-state index < -0.39 is 0 Å². The fraction of sp³-hybridized carbons (Fsp3) is 0.923. The van der Waals surface area contributed by atoms with Gasteiger partial charge in [-0.25, -0.2) is 0 Å². The lowest BCUT2D eigenvalue weighted by atomic mass is 9.96. The van der Waals surface area contributed by atoms with Crippen LogP contribution in [0.3, 0.4) is 0 Å². The molecule has 1 N–H and O–H groups in total. The summed E-state index contributed by atoms with van der Waals surface area (Å²) in [5.74, 6) is 0. The van der Waals surface area contributed by atoms with Crippen molar-refractivity contribution in [2.45, 2.75) is 64.8 Å². The number of nitrogens with one attached hydrogen (secondary N) is 1. The van der Waals surface area contributed by atoms with Crippen LogP contribution in [0, 0.1) is 0 Å². The molecule has 0 aromatic heterocycles. The van der Waals surface area contributed by atoms with Gasteiger partial charge in [-0.15, -0.1) is 0 Å². The van der Waals surface area contributed by atoms with Crippen molar-refractivity contribution in [3.8, 4) is 0 Å². The Morgan fingerprint density at radius 2 is 1.94 bits per heavy atom. The number of hydrogen-bond acceptors (Lipinski definition) is 1. The van der Waals surface area contributed by atoms with Gasteiger partial charge in [-0.1, -0.05) is 32.6 Å². The van der Waals surface area contributed by atoms with Gasteiger partial charge in [0.05, 0.1) is 0 Å². The molecule has 0 aromatic rings. The van der Waals surface area contributed by atoms with Crippen LogP contribution in [0.15, 0.2) is 0 Å². The van der Waals surface area contributed by atoms with Crippen LogP contribution in [0.5, 0.6) is 0 Å². The minimum atomic E-state index is 0.636. The zero-order chi connectivity index (χ0) is 11.8. The number of nitrogens with zero attached hydrogens (tertiary/aromatic N) is 1. The standard InChI is InChI=1S/C13H26N2S/c1-3-5-11-15(4-2)13(16)14-12-9-7-6-8-10-12/h12H,3-11H2,1-2H3,(H,14,16). The molecule has 1 aliphatic carbocycles. The molecule has 94 valence electrons. The van der Waals surface area contributed by atoms with Crippen molar-refractivity contribution in [1.29, 1.82) is 0 Å². The molecule has 0 amide bonds. The van der Waals surface area contributed by atoms with Gasteiger partial charge >= 0.3 is 0 Å². The minimum Gasteiger partial charge on any atom is -0.360 e. The highest BCUT2D eigenvalue weighted by Gasteiger charge is 2.16. The summed E-state index contributed by atoms with van der Waals surface area (Å²) in [6, 6.07) is 0.636. The van der Waals surface area contributed by atoms with Crippen molar-refractivity contribution >= 4 is 17.3 Å². The molecule has 0 saturated heterocycles. The molecule has 0 atom stereocenters. The van der Waals surface area contributed by atoms with E-state index in [2.05, 4.69) is 24.1 Å². The first-order chi connectivity index (χ1) is 7.77. The van der Waals surface area contributed by atoms with E-state index in [0.717, 1.165) is 18.2 Å². The van der Waals surface area contributed by atoms with Crippen LogP contribution in [0.2, 0.25) is 0 Å². The zero-order valence-electron chi connectivity index (χ0n) is 10.8. The van der Waals surface area contributed by atoms with Gasteiger partial charge in [0.15, 0.2) is 5.11 Å². The van der Waals surface area contributed by atoms with E-state index >= 15 is 0 Å². The number of hydrogen-bond donors (Lipinski definition) is 1. The lowest BCUT2D eigenvalue weighted by molar-refractivity contribution is 0.375. The van der Waals surface area contributed by atoms with E-state index in [0.29, 0.717) is 6.04 Å². The molecule has 16 heavy (non-hydrogen) atoms. The van der Waals surface area contributed by atoms with E-state index in [1.54, 1.807) is 0 Å². The Hall–Kier alpha value is -0.310. The second-order valence-corrected chi connectivity index (χ2v) is 5.10. The minimum absolute atomic E-state index is 0.636. The van der Waals surface area contributed by atoms with Crippen molar-refractivity contribution in [2.24, 2.45) is 0 Å². The van der Waals surface area contributed by atoms with E-state index in [1.165, 1.54) is 44.9 Å². The van der Waals surface area contributed by atoms with Gasteiger partial charge in [-0.05, 0) is 38.4 Å². The molecule has 0 bridgehead atoms. The Morgan fingerprint density at radius 1 is 1.25 bits per heavy atom. The first-order valence-electron chi connectivity index (χ1n) is 6.83. The Bertz CT molecular complexity index is 200. The third-order valence-electron chi connectivity index (χ3n) is 3.38. The molecule has 0 spiro atoms. The fourth-order valence-electron chi connectivity index (χ4n) is 2.27. The molecule has 0 unspecified atom stereocenters. The monoisotopic (exact) mass is 242 g/mol. The smallest absolute Gasteiger partial charge is 0.169 e. The van der Waals surface area contributed by atoms with Crippen molar-refractivity contribution in [2.75, 3.05) is 13.1 Å². The molecule has 0 aliphatic heterocycles. The average molecular weight is 242 g/mol. The average Bonchev–Trinajstić information content (AvgIpc) is 2.31. The van der Waals surface area contributed by atoms with E-state index in [4.69, 9.17) is 12.2 Å². The summed E-state index contributed by atoms with van der Waals surface area (Å²) < 4.78 is 0. The number of unbranched alkanes of at least 4 members (excludes halogenated alkanes) is 1. The quantitative estimate of drug-likeness (QED) is 0.745. The van der Waals surface area contributed by atoms with Crippen LogP contribution in [-0.4, -0.2) is 29.1 Å². The van der Waals surface area contributed by atoms with Gasteiger partial charge in [0, 0.05) is 19.1 Å². The Balaban J connectivity index is 2.29. The van der Waals surface area contributed by atoms with Gasteiger partial charge in [-0.3, -0.25) is 0 Å². The fourth-order valence-corrected chi connectivity index (χ4v) is 2.65. The van der Waals surface area contributed by atoms with Crippen LogP contribution in [0.4, 0.5) is 0 Å². The predicted molar refractivity (Wildman–Crippen MR) is 74.8 cm³/mol. The van der Waals surface area contributed by atoms with Crippen molar-refractivity contribution in [3.63, 3.8) is 0 Å². The zero-order valence-corrected chi connectivity index (χ0v) is 11.6. The van der Waals surface area contributed by atoms with Crippen LogP contribution >= 0.6 is 12.2 Å². The first kappa shape index (κ1) is 13.8. The molecule has 0 aromatic carbocycles. The summed E-state index contributed by atoms with van der Waals surface area (Å²) in [6.45, 7) is 6.54. The highest BCUT2D eigenvalue weighted by molar-refractivity contribution is 7.80. The summed E-state index contributed by atoms with van der Waals surface area (Å²) in [4.78, 5) is 2.30. The Kier molecular flexibility index (Phi) is 6.78. The van der Waals surface area contributed by atoms with Crippen molar-refractivity contribution < 1.29 is 0 Å². The largest absolute Gasteiger partial charge is 0.360 e. The third kappa shape index (κ3) is 4.69. The summed E-state index contributed by atoms with van der Waals surface area (Å²) in [6.07, 6.45) is 9.20. The summed E-state index contributed by atoms with van der Waals surface area (Å²) in [5.41, 5.74) is 0. The molecule has 1 fully saturated rings. The van der Waals surface area contributed by atoms with Crippen LogP contribution in [-0.2, 0) is 0 Å². The first-order valence-corrected chi connectivity index (χ1v) is 7.24. The maximum Gasteiger partial charge on any atom is 0.169 e. The molecule has 0 heterocycles. The van der Waals surface area contributed by atoms with Crippen molar-refractivity contribution in [3.05, 3.63) is 0 Å². The van der Waals surface area contributed by atoms with E-state index in [9.17, 15) is 0 Å². The van der Waals surface area contributed by atoms with Crippen LogP contribution < -0.4 is 5.32 Å². The molecule has 3 heteroatoms. The number of rotatable bonds is 5. The van der Waals surface area contributed by atoms with E-state index in [-0.39, 0.29) is 0 Å². The predicted octanol–water partition coefficient (Wildman–Crippen LogP) is 3.32. The Labute approximate surface area is 106 Å². The molecule has 1 aliphatic rings. The maximum atomic E-state index is 5.48. The van der Waals surface area contributed by atoms with Gasteiger partial charge in [-0.2, -0.15) is 0 Å². The van der Waals surface area contributed by atoms with Crippen LogP contribution in [0.25, 0.3) is 0 Å². The molecule has 2 nitrogen and oxygen atoms in total. The van der Waals surface area contributed by atoms with Gasteiger partial charge in [0.1, 0.15) is 0 Å². The van der Waals surface area contributed by atoms with Gasteiger partial charge in [0.2, 0.25) is 0 Å². The molecular formula is C13H26N2S. The SMILES string of the molecule is CCCCN(CC)C(=S)NC1CCCCC1. The third-order valence-corrected chi connectivity index (χ3v) is 3.76. The lowest BCUT2D eigenvalue weighted by Crippen LogP contribution is -2.45. The highest BCUT2D eigenvalue weighted by Crippen LogP contribution is 2.17. The van der Waals surface area contributed by atoms with E-state index in [1.807, 2.05) is 0 Å². The molecular weight excluding hydrogens is 216 g/mol. The van der Waals surface area contributed by atoms with Crippen molar-refractivity contribution in [1.82, 2.24) is 10.2 Å². The highest BCUT2D eigenvalue weighted by atomic mass is 32.1. The summed E-state index contributed by atoms with van der Waals surface area (Å²) in [5, 5.41) is 4.51. The molecule has 0 radical (unpaired) electrons.